The van der Waals surface area contributed by atoms with Crippen molar-refractivity contribution in [2.24, 2.45) is 0 Å². The van der Waals surface area contributed by atoms with Crippen LogP contribution in [0, 0.1) is 0 Å². The summed E-state index contributed by atoms with van der Waals surface area (Å²) in [5.74, 6) is -1.19. The number of carbonyl (C=O) groups is 2. The molecule has 344 valence electrons. The number of phosphoric acid groups is 2. The van der Waals surface area contributed by atoms with Crippen LogP contribution in [0.25, 0.3) is 0 Å². The lowest BCUT2D eigenvalue weighted by atomic mass is 10.1. The van der Waals surface area contributed by atoms with Crippen LogP contribution in [0.5, 0.6) is 0 Å². The normalized spacial score (nSPS) is 15.4. The molecule has 0 fully saturated rings. The Balaban J connectivity index is 4.76. The third-order valence-corrected chi connectivity index (χ3v) is 9.76. The SMILES string of the molecule is CCCCC/C=C\C=C/[C@@H](O)C/C=C\C/C=C/CCCC(=O)OC[C@H](COP(=O)(O)OC[C@@H](O)COP(=O)(O)O)OC(=O)CCCC/C=C\C/C=C\C/C=C\CCCCC. The predicted molar refractivity (Wildman–Crippen MR) is 236 cm³/mol. The van der Waals surface area contributed by atoms with Crippen molar-refractivity contribution in [3.8, 4) is 0 Å². The molecule has 1 unspecified atom stereocenters. The van der Waals surface area contributed by atoms with Crippen molar-refractivity contribution in [1.29, 1.82) is 0 Å². The van der Waals surface area contributed by atoms with Gasteiger partial charge in [0.15, 0.2) is 6.10 Å². The maximum absolute atomic E-state index is 12.6. The van der Waals surface area contributed by atoms with Crippen molar-refractivity contribution in [2.75, 3.05) is 26.4 Å². The number of allylic oxidation sites excluding steroid dienone is 12. The van der Waals surface area contributed by atoms with Gasteiger partial charge in [-0.1, -0.05) is 125 Å². The quantitative estimate of drug-likeness (QED) is 0.0128. The standard InChI is InChI=1S/C44H74O14P2/c1-3-5-7-9-11-12-13-14-15-16-17-18-22-27-31-35-44(48)58-42(39-57-60(52,53)56-37-41(46)36-55-59(49,50)51)38-54-43(47)34-30-26-23-19-21-25-29-33-40(45)32-28-24-20-10-8-6-4-2/h11-12,14-15,17-20,23-25,28-29,32,40-42,45-46H,3-10,13,16,21-22,26-27,30-31,33-39H2,1-2H3,(H,52,53)(H2,49,50,51)/b12-11-,15-14-,18-17-,23-19+,24-20-,29-25-,32-28-/t40-,41+,42-/m1/s1. The van der Waals surface area contributed by atoms with Gasteiger partial charge in [0.05, 0.1) is 25.9 Å². The van der Waals surface area contributed by atoms with Crippen molar-refractivity contribution in [3.05, 3.63) is 85.1 Å². The van der Waals surface area contributed by atoms with E-state index in [1.807, 2.05) is 36.5 Å². The van der Waals surface area contributed by atoms with Gasteiger partial charge in [-0.3, -0.25) is 23.2 Å². The fourth-order valence-electron chi connectivity index (χ4n) is 5.01. The molecule has 5 N–H and O–H groups in total. The molecule has 0 spiro atoms. The van der Waals surface area contributed by atoms with E-state index in [0.717, 1.165) is 38.5 Å². The molecule has 0 aromatic carbocycles. The van der Waals surface area contributed by atoms with E-state index in [2.05, 4.69) is 65.4 Å². The van der Waals surface area contributed by atoms with E-state index in [-0.39, 0.29) is 12.8 Å². The number of hydrogen-bond donors (Lipinski definition) is 5. The number of carbonyl (C=O) groups excluding carboxylic acids is 2. The highest BCUT2D eigenvalue weighted by molar-refractivity contribution is 7.47. The Morgan fingerprint density at radius 1 is 0.550 bits per heavy atom. The van der Waals surface area contributed by atoms with Crippen LogP contribution in [-0.4, -0.2) is 81.6 Å². The number of phosphoric ester groups is 2. The average Bonchev–Trinajstić information content (AvgIpc) is 3.20. The summed E-state index contributed by atoms with van der Waals surface area (Å²) in [5.41, 5.74) is 0. The molecule has 16 heteroatoms. The van der Waals surface area contributed by atoms with E-state index in [1.54, 1.807) is 6.08 Å². The predicted octanol–water partition coefficient (Wildman–Crippen LogP) is 9.75. The van der Waals surface area contributed by atoms with Gasteiger partial charge in [0.1, 0.15) is 12.7 Å². The van der Waals surface area contributed by atoms with Crippen LogP contribution in [0.3, 0.4) is 0 Å². The highest BCUT2D eigenvalue weighted by Crippen LogP contribution is 2.43. The minimum absolute atomic E-state index is 0.0534. The first-order valence-corrected chi connectivity index (χ1v) is 24.4. The summed E-state index contributed by atoms with van der Waals surface area (Å²) in [7, 11) is -9.73. The van der Waals surface area contributed by atoms with E-state index < -0.39 is 72.3 Å². The van der Waals surface area contributed by atoms with E-state index in [0.29, 0.717) is 32.1 Å². The summed E-state index contributed by atoms with van der Waals surface area (Å²) in [5, 5.41) is 19.8. The third kappa shape index (κ3) is 42.0. The van der Waals surface area contributed by atoms with Gasteiger partial charge in [-0.15, -0.1) is 0 Å². The largest absolute Gasteiger partial charge is 0.472 e. The molecule has 0 radical (unpaired) electrons. The molecular formula is C44H74O14P2. The molecule has 0 bridgehead atoms. The Morgan fingerprint density at radius 3 is 1.65 bits per heavy atom. The minimum atomic E-state index is -4.88. The van der Waals surface area contributed by atoms with Gasteiger partial charge in [-0.25, -0.2) is 9.13 Å². The fraction of sp³-hybridized carbons (Fsp3) is 0.636. The second-order valence-electron chi connectivity index (χ2n) is 14.1. The van der Waals surface area contributed by atoms with Crippen LogP contribution in [-0.2, 0) is 41.8 Å². The fourth-order valence-corrected chi connectivity index (χ4v) is 6.17. The van der Waals surface area contributed by atoms with Gasteiger partial charge in [0.25, 0.3) is 0 Å². The van der Waals surface area contributed by atoms with Crippen LogP contribution in [0.4, 0.5) is 0 Å². The highest BCUT2D eigenvalue weighted by atomic mass is 31.2. The van der Waals surface area contributed by atoms with Crippen LogP contribution in [0.2, 0.25) is 0 Å². The first kappa shape index (κ1) is 57.3. The van der Waals surface area contributed by atoms with Crippen molar-refractivity contribution in [1.82, 2.24) is 0 Å². The summed E-state index contributed by atoms with van der Waals surface area (Å²) in [6.07, 6.45) is 40.4. The van der Waals surface area contributed by atoms with Gasteiger partial charge in [-0.05, 0) is 83.5 Å². The summed E-state index contributed by atoms with van der Waals surface area (Å²) in [6, 6.07) is 0. The van der Waals surface area contributed by atoms with E-state index >= 15 is 0 Å². The number of hydrogen-bond acceptors (Lipinski definition) is 11. The number of ether oxygens (including phenoxy) is 2. The number of rotatable bonds is 39. The molecule has 14 nitrogen and oxygen atoms in total. The zero-order chi connectivity index (χ0) is 44.6. The topological polar surface area (TPSA) is 216 Å². The molecule has 0 saturated heterocycles. The summed E-state index contributed by atoms with van der Waals surface area (Å²) >= 11 is 0. The monoisotopic (exact) mass is 888 g/mol. The van der Waals surface area contributed by atoms with E-state index in [1.165, 1.54) is 38.5 Å². The lowest BCUT2D eigenvalue weighted by Gasteiger charge is -2.20. The van der Waals surface area contributed by atoms with Crippen molar-refractivity contribution >= 4 is 27.6 Å². The molecule has 0 aliphatic heterocycles. The molecule has 0 rings (SSSR count). The Labute approximate surface area is 359 Å². The minimum Gasteiger partial charge on any atom is -0.462 e. The Hall–Kier alpha value is -2.74. The number of esters is 2. The number of aliphatic hydroxyl groups is 2. The van der Waals surface area contributed by atoms with Gasteiger partial charge in [0.2, 0.25) is 0 Å². The number of unbranched alkanes of at least 4 members (excludes halogenated alkanes) is 9. The molecule has 0 aliphatic carbocycles. The van der Waals surface area contributed by atoms with Gasteiger partial charge in [-0.2, -0.15) is 0 Å². The molecule has 0 amide bonds. The Bertz CT molecular complexity index is 1400. The summed E-state index contributed by atoms with van der Waals surface area (Å²) in [6.45, 7) is 1.48. The van der Waals surface area contributed by atoms with Gasteiger partial charge >= 0.3 is 27.6 Å². The second kappa shape index (κ2) is 39.1. The first-order valence-electron chi connectivity index (χ1n) is 21.4. The van der Waals surface area contributed by atoms with E-state index in [4.69, 9.17) is 23.8 Å². The number of aliphatic hydroxyl groups excluding tert-OH is 2. The smallest absolute Gasteiger partial charge is 0.462 e. The molecule has 0 heterocycles. The second-order valence-corrected chi connectivity index (χ2v) is 16.8. The molecule has 0 aromatic heterocycles. The van der Waals surface area contributed by atoms with Crippen LogP contribution < -0.4 is 0 Å². The van der Waals surface area contributed by atoms with Gasteiger partial charge in [0, 0.05) is 12.8 Å². The van der Waals surface area contributed by atoms with Crippen molar-refractivity contribution < 1.29 is 66.7 Å². The molecule has 60 heavy (non-hydrogen) atoms. The summed E-state index contributed by atoms with van der Waals surface area (Å²) in [4.78, 5) is 52.6. The molecule has 0 aliphatic rings. The van der Waals surface area contributed by atoms with Crippen LogP contribution in [0.1, 0.15) is 136 Å². The van der Waals surface area contributed by atoms with Crippen molar-refractivity contribution in [2.45, 2.75) is 154 Å². The zero-order valence-electron chi connectivity index (χ0n) is 35.9. The highest BCUT2D eigenvalue weighted by Gasteiger charge is 2.28. The average molecular weight is 889 g/mol. The van der Waals surface area contributed by atoms with E-state index in [9.17, 15) is 33.8 Å². The van der Waals surface area contributed by atoms with Crippen LogP contribution in [0.15, 0.2) is 85.1 Å². The molecular weight excluding hydrogens is 814 g/mol. The molecule has 4 atom stereocenters. The maximum atomic E-state index is 12.6. The third-order valence-electron chi connectivity index (χ3n) is 8.33. The Kier molecular flexibility index (Phi) is 37.3. The molecule has 0 saturated carbocycles. The molecule has 0 aromatic rings. The van der Waals surface area contributed by atoms with Crippen LogP contribution >= 0.6 is 15.6 Å². The zero-order valence-corrected chi connectivity index (χ0v) is 37.7. The Morgan fingerprint density at radius 2 is 1.05 bits per heavy atom. The van der Waals surface area contributed by atoms with Gasteiger partial charge < -0.3 is 34.4 Å². The lowest BCUT2D eigenvalue weighted by Crippen LogP contribution is -2.29. The first-order chi connectivity index (χ1) is 28.8. The summed E-state index contributed by atoms with van der Waals surface area (Å²) < 4.78 is 47.6. The lowest BCUT2D eigenvalue weighted by molar-refractivity contribution is -0.161. The maximum Gasteiger partial charge on any atom is 0.472 e. The van der Waals surface area contributed by atoms with Crippen molar-refractivity contribution in [3.63, 3.8) is 0 Å².